The molecule has 0 saturated carbocycles. The van der Waals surface area contributed by atoms with E-state index in [0.29, 0.717) is 6.07 Å². The van der Waals surface area contributed by atoms with Crippen LogP contribution >= 0.6 is 0 Å². The minimum absolute atomic E-state index is 0.395. The minimum atomic E-state index is -4.39. The van der Waals surface area contributed by atoms with Crippen molar-refractivity contribution in [1.82, 2.24) is 4.98 Å². The summed E-state index contributed by atoms with van der Waals surface area (Å²) in [4.78, 5) is 12.5. The van der Waals surface area contributed by atoms with Crippen molar-refractivity contribution in [3.63, 3.8) is 0 Å². The first-order valence-corrected chi connectivity index (χ1v) is 5.66. The lowest BCUT2D eigenvalue weighted by Crippen LogP contribution is -2.17. The maximum Gasteiger partial charge on any atom is 0.365 e. The van der Waals surface area contributed by atoms with Gasteiger partial charge in [0, 0.05) is 17.2 Å². The zero-order chi connectivity index (χ0) is 13.4. The van der Waals surface area contributed by atoms with Crippen LogP contribution in [0.5, 0.6) is 0 Å². The van der Waals surface area contributed by atoms with E-state index in [9.17, 15) is 27.3 Å². The predicted octanol–water partition coefficient (Wildman–Crippen LogP) is 0.883. The zero-order valence-electron chi connectivity index (χ0n) is 8.42. The highest BCUT2D eigenvalue weighted by Crippen LogP contribution is 2.28. The largest absolute Gasteiger partial charge is 0.365 e. The van der Waals surface area contributed by atoms with Crippen LogP contribution < -0.4 is 5.14 Å². The van der Waals surface area contributed by atoms with Gasteiger partial charge >= 0.3 is 5.82 Å². The molecule has 17 heavy (non-hydrogen) atoms. The molecule has 0 radical (unpaired) electrons. The van der Waals surface area contributed by atoms with E-state index < -0.39 is 43.3 Å². The molecule has 1 aromatic rings. The molecule has 7 nitrogen and oxygen atoms in total. The van der Waals surface area contributed by atoms with Crippen molar-refractivity contribution in [2.75, 3.05) is 0 Å². The molecule has 0 saturated heterocycles. The number of nitro groups is 1. The van der Waals surface area contributed by atoms with E-state index in [4.69, 9.17) is 5.14 Å². The van der Waals surface area contributed by atoms with E-state index in [1.54, 1.807) is 0 Å². The lowest BCUT2D eigenvalue weighted by atomic mass is 10.1. The van der Waals surface area contributed by atoms with Crippen LogP contribution in [-0.2, 0) is 10.0 Å². The van der Waals surface area contributed by atoms with Gasteiger partial charge in [-0.2, -0.15) is 0 Å². The average Bonchev–Trinajstić information content (AvgIpc) is 2.15. The highest BCUT2D eigenvalue weighted by molar-refractivity contribution is 7.89. The molecule has 10 heteroatoms. The summed E-state index contributed by atoms with van der Waals surface area (Å²) in [5.74, 6) is -0.991. The molecule has 1 heterocycles. The van der Waals surface area contributed by atoms with Gasteiger partial charge in [-0.15, -0.1) is 0 Å². The summed E-state index contributed by atoms with van der Waals surface area (Å²) in [6.45, 7) is 1.05. The lowest BCUT2D eigenvalue weighted by Gasteiger charge is -2.05. The number of hydrogen-bond acceptors (Lipinski definition) is 5. The van der Waals surface area contributed by atoms with E-state index in [2.05, 4.69) is 4.98 Å². The van der Waals surface area contributed by atoms with Crippen LogP contribution in [0.2, 0.25) is 0 Å². The Hall–Kier alpha value is -1.68. The first-order valence-electron chi connectivity index (χ1n) is 4.11. The first kappa shape index (κ1) is 13.4. The Labute approximate surface area is 94.5 Å². The summed E-state index contributed by atoms with van der Waals surface area (Å²) in [5, 5.41) is 14.3. The number of alkyl halides is 2. The monoisotopic (exact) mass is 267 g/mol. The topological polar surface area (TPSA) is 116 Å². The molecule has 0 fully saturated rings. The zero-order valence-corrected chi connectivity index (χ0v) is 9.24. The Balaban J connectivity index is 3.67. The third kappa shape index (κ3) is 2.71. The summed E-state index contributed by atoms with van der Waals surface area (Å²) >= 11 is 0. The van der Waals surface area contributed by atoms with Gasteiger partial charge < -0.3 is 10.1 Å². The van der Waals surface area contributed by atoms with Crippen LogP contribution in [0.1, 0.15) is 17.6 Å². The molecule has 0 unspecified atom stereocenters. The second-order valence-electron chi connectivity index (χ2n) is 3.10. The number of primary sulfonamides is 1. The lowest BCUT2D eigenvalue weighted by molar-refractivity contribution is -0.390. The van der Waals surface area contributed by atoms with Crippen molar-refractivity contribution in [2.24, 2.45) is 5.14 Å². The van der Waals surface area contributed by atoms with Crippen molar-refractivity contribution in [2.45, 2.75) is 18.4 Å². The molecule has 2 N–H and O–H groups in total. The Bertz CT molecular complexity index is 573. The van der Waals surface area contributed by atoms with Crippen molar-refractivity contribution in [3.05, 3.63) is 27.3 Å². The van der Waals surface area contributed by atoms with Gasteiger partial charge in [-0.3, -0.25) is 0 Å². The summed E-state index contributed by atoms with van der Waals surface area (Å²) in [6.07, 6.45) is -3.06. The molecule has 0 bridgehead atoms. The van der Waals surface area contributed by atoms with Gasteiger partial charge in [0.25, 0.3) is 21.5 Å². The number of pyridine rings is 1. The highest BCUT2D eigenvalue weighted by atomic mass is 32.2. The van der Waals surface area contributed by atoms with Gasteiger partial charge in [-0.05, 0) is 16.8 Å². The molecule has 1 rings (SSSR count). The van der Waals surface area contributed by atoms with Gasteiger partial charge in [0.15, 0.2) is 0 Å². The van der Waals surface area contributed by atoms with Crippen molar-refractivity contribution < 1.29 is 22.1 Å². The summed E-state index contributed by atoms with van der Waals surface area (Å²) < 4.78 is 47.2. The van der Waals surface area contributed by atoms with Gasteiger partial charge in [0.2, 0.25) is 0 Å². The first-order chi connectivity index (χ1) is 7.64. The number of halogens is 2. The van der Waals surface area contributed by atoms with E-state index in [1.165, 1.54) is 0 Å². The Morgan fingerprint density at radius 2 is 2.06 bits per heavy atom. The number of rotatable bonds is 3. The number of hydrogen-bond donors (Lipinski definition) is 1. The van der Waals surface area contributed by atoms with E-state index >= 15 is 0 Å². The van der Waals surface area contributed by atoms with Gasteiger partial charge in [0.05, 0.1) is 0 Å². The molecule has 0 atom stereocenters. The number of nitrogens with two attached hydrogens (primary N) is 1. The molecule has 0 aliphatic rings. The van der Waals surface area contributed by atoms with Crippen LogP contribution in [-0.4, -0.2) is 18.3 Å². The smallest absolute Gasteiger partial charge is 0.358 e. The van der Waals surface area contributed by atoms with E-state index in [-0.39, 0.29) is 0 Å². The van der Waals surface area contributed by atoms with Crippen molar-refractivity contribution in [1.29, 1.82) is 0 Å². The van der Waals surface area contributed by atoms with Crippen molar-refractivity contribution in [3.8, 4) is 0 Å². The number of sulfonamides is 1. The normalized spacial score (nSPS) is 11.8. The number of aromatic nitrogens is 1. The fourth-order valence-electron chi connectivity index (χ4n) is 1.19. The molecule has 1 aromatic heterocycles. The Morgan fingerprint density at radius 1 is 1.53 bits per heavy atom. The quantitative estimate of drug-likeness (QED) is 0.644. The molecule has 0 aliphatic heterocycles. The van der Waals surface area contributed by atoms with Gasteiger partial charge in [0.1, 0.15) is 0 Å². The minimum Gasteiger partial charge on any atom is -0.358 e. The third-order valence-electron chi connectivity index (χ3n) is 1.95. The van der Waals surface area contributed by atoms with Gasteiger partial charge in [-0.25, -0.2) is 22.3 Å². The van der Waals surface area contributed by atoms with Gasteiger partial charge in [-0.1, -0.05) is 0 Å². The predicted molar refractivity (Wildman–Crippen MR) is 52.0 cm³/mol. The fourth-order valence-corrected chi connectivity index (χ4v) is 1.95. The number of nitrogens with zero attached hydrogens (tertiary/aromatic N) is 2. The molecular formula is C7H7F2N3O4S. The standard InChI is InChI=1S/C7H7F2N3O4S/c1-3-4(6(8)9)2-5(12(13)14)11-7(3)17(10,15)16/h2,6H,1H3,(H2,10,15,16). The van der Waals surface area contributed by atoms with Crippen LogP contribution in [0.25, 0.3) is 0 Å². The highest BCUT2D eigenvalue weighted by Gasteiger charge is 2.28. The van der Waals surface area contributed by atoms with Crippen LogP contribution in [0, 0.1) is 17.0 Å². The van der Waals surface area contributed by atoms with Crippen LogP contribution in [0.3, 0.4) is 0 Å². The second kappa shape index (κ2) is 4.30. The van der Waals surface area contributed by atoms with Crippen LogP contribution in [0.15, 0.2) is 11.1 Å². The maximum atomic E-state index is 12.6. The van der Waals surface area contributed by atoms with E-state index in [1.807, 2.05) is 0 Å². The second-order valence-corrected chi connectivity index (χ2v) is 4.58. The Morgan fingerprint density at radius 3 is 2.41 bits per heavy atom. The average molecular weight is 267 g/mol. The summed E-state index contributed by atoms with van der Waals surface area (Å²) in [6, 6.07) is 0.522. The van der Waals surface area contributed by atoms with E-state index in [0.717, 1.165) is 6.92 Å². The summed E-state index contributed by atoms with van der Waals surface area (Å²) in [7, 11) is -4.39. The SMILES string of the molecule is Cc1c(C(F)F)cc([N+](=O)[O-])nc1S(N)(=O)=O. The van der Waals surface area contributed by atoms with Crippen molar-refractivity contribution >= 4 is 15.8 Å². The Kier molecular flexibility index (Phi) is 3.38. The molecule has 94 valence electrons. The molecule has 0 aromatic carbocycles. The molecular weight excluding hydrogens is 260 g/mol. The molecule has 0 aliphatic carbocycles. The molecule has 0 amide bonds. The fraction of sp³-hybridized carbons (Fsp3) is 0.286. The third-order valence-corrected chi connectivity index (χ3v) is 2.88. The molecule has 0 spiro atoms. The summed E-state index contributed by atoms with van der Waals surface area (Å²) in [5.41, 5.74) is -1.18. The maximum absolute atomic E-state index is 12.6. The van der Waals surface area contributed by atoms with Crippen LogP contribution in [0.4, 0.5) is 14.6 Å².